The Bertz CT molecular complexity index is 602. The Balaban J connectivity index is 2.46. The second-order valence-corrected chi connectivity index (χ2v) is 3.55. The van der Waals surface area contributed by atoms with E-state index < -0.39 is 29.7 Å². The fraction of sp³-hybridized carbons (Fsp3) is 0.182. The van der Waals surface area contributed by atoms with Crippen molar-refractivity contribution < 1.29 is 31.2 Å². The molecule has 0 atom stereocenters. The van der Waals surface area contributed by atoms with Crippen LogP contribution in [0.15, 0.2) is 28.7 Å². The highest BCUT2D eigenvalue weighted by molar-refractivity contribution is 6.02. The predicted molar refractivity (Wildman–Crippen MR) is 51.5 cm³/mol. The van der Waals surface area contributed by atoms with Crippen molar-refractivity contribution in [2.24, 2.45) is 0 Å². The van der Waals surface area contributed by atoms with Gasteiger partial charge in [-0.25, -0.2) is 13.2 Å². The number of hydrogen-bond acceptors (Lipinski definition) is 2. The van der Waals surface area contributed by atoms with Gasteiger partial charge in [0.05, 0.1) is 0 Å². The topological polar surface area (TPSA) is 30.2 Å². The van der Waals surface area contributed by atoms with Crippen LogP contribution in [0.25, 0.3) is 11.0 Å². The SMILES string of the molecule is O=C(c1cc2cc(F)ccc2o1)C(F)(F)C(F)F. The summed E-state index contributed by atoms with van der Waals surface area (Å²) >= 11 is 0. The number of carbonyl (C=O) groups is 1. The summed E-state index contributed by atoms with van der Waals surface area (Å²) in [6, 6.07) is 3.85. The fourth-order valence-corrected chi connectivity index (χ4v) is 1.39. The lowest BCUT2D eigenvalue weighted by Crippen LogP contribution is -2.36. The van der Waals surface area contributed by atoms with E-state index in [2.05, 4.69) is 0 Å². The molecule has 0 saturated heterocycles. The van der Waals surface area contributed by atoms with Crippen molar-refractivity contribution in [3.63, 3.8) is 0 Å². The zero-order valence-corrected chi connectivity index (χ0v) is 8.59. The maximum atomic E-state index is 12.8. The molecule has 1 heterocycles. The van der Waals surface area contributed by atoms with Crippen LogP contribution < -0.4 is 0 Å². The second kappa shape index (κ2) is 4.08. The first-order chi connectivity index (χ1) is 8.32. The van der Waals surface area contributed by atoms with Gasteiger partial charge in [0.1, 0.15) is 11.4 Å². The minimum atomic E-state index is -4.83. The van der Waals surface area contributed by atoms with Crippen LogP contribution in [-0.4, -0.2) is 18.1 Å². The standard InChI is InChI=1S/C11H5F5O2/c12-6-1-2-7-5(3-6)4-8(18-7)9(17)11(15,16)10(13)14/h1-4,10H. The van der Waals surface area contributed by atoms with Crippen LogP contribution in [0.4, 0.5) is 22.0 Å². The van der Waals surface area contributed by atoms with Gasteiger partial charge >= 0.3 is 12.3 Å². The van der Waals surface area contributed by atoms with E-state index in [9.17, 15) is 26.7 Å². The molecule has 0 aliphatic heterocycles. The molecular formula is C11H5F5O2. The van der Waals surface area contributed by atoms with Crippen LogP contribution in [0.1, 0.15) is 10.6 Å². The van der Waals surface area contributed by atoms with E-state index in [1.165, 1.54) is 0 Å². The molecule has 1 aromatic carbocycles. The summed E-state index contributed by atoms with van der Waals surface area (Å²) < 4.78 is 67.1. The summed E-state index contributed by atoms with van der Waals surface area (Å²) in [5.41, 5.74) is -0.0372. The highest BCUT2D eigenvalue weighted by Gasteiger charge is 2.50. The molecule has 0 bridgehead atoms. The average Bonchev–Trinajstić information content (AvgIpc) is 2.70. The van der Waals surface area contributed by atoms with E-state index in [0.717, 1.165) is 24.3 Å². The molecule has 18 heavy (non-hydrogen) atoms. The van der Waals surface area contributed by atoms with Crippen molar-refractivity contribution in [3.8, 4) is 0 Å². The van der Waals surface area contributed by atoms with Crippen LogP contribution in [-0.2, 0) is 0 Å². The lowest BCUT2D eigenvalue weighted by Gasteiger charge is -2.11. The molecule has 2 aromatic rings. The lowest BCUT2D eigenvalue weighted by atomic mass is 10.1. The number of carbonyl (C=O) groups excluding carboxylic acids is 1. The molecule has 2 rings (SSSR count). The Morgan fingerprint density at radius 3 is 2.50 bits per heavy atom. The summed E-state index contributed by atoms with van der Waals surface area (Å²) in [7, 11) is 0. The molecule has 1 aromatic heterocycles. The minimum absolute atomic E-state index is 0.0372. The molecule has 0 spiro atoms. The molecule has 0 unspecified atom stereocenters. The molecule has 0 aliphatic rings. The number of Topliss-reactive ketones (excluding diaryl/α,β-unsaturated/α-hetero) is 1. The third-order valence-corrected chi connectivity index (χ3v) is 2.28. The van der Waals surface area contributed by atoms with Gasteiger partial charge in [-0.1, -0.05) is 0 Å². The average molecular weight is 264 g/mol. The van der Waals surface area contributed by atoms with Gasteiger partial charge in [-0.2, -0.15) is 8.78 Å². The van der Waals surface area contributed by atoms with Crippen LogP contribution in [0.5, 0.6) is 0 Å². The van der Waals surface area contributed by atoms with Crippen molar-refractivity contribution in [1.29, 1.82) is 0 Å². The van der Waals surface area contributed by atoms with Crippen molar-refractivity contribution in [2.75, 3.05) is 0 Å². The monoisotopic (exact) mass is 264 g/mol. The molecule has 7 heteroatoms. The fourth-order valence-electron chi connectivity index (χ4n) is 1.39. The van der Waals surface area contributed by atoms with Crippen molar-refractivity contribution in [2.45, 2.75) is 12.3 Å². The predicted octanol–water partition coefficient (Wildman–Crippen LogP) is 3.66. The van der Waals surface area contributed by atoms with E-state index in [1.54, 1.807) is 0 Å². The number of benzene rings is 1. The van der Waals surface area contributed by atoms with E-state index >= 15 is 0 Å². The van der Waals surface area contributed by atoms with E-state index in [0.29, 0.717) is 0 Å². The van der Waals surface area contributed by atoms with Gasteiger partial charge in [0.2, 0.25) is 0 Å². The third kappa shape index (κ3) is 1.96. The maximum absolute atomic E-state index is 12.8. The van der Waals surface area contributed by atoms with Gasteiger partial charge in [0, 0.05) is 5.39 Å². The highest BCUT2D eigenvalue weighted by Crippen LogP contribution is 2.30. The second-order valence-electron chi connectivity index (χ2n) is 3.55. The number of rotatable bonds is 3. The van der Waals surface area contributed by atoms with Crippen LogP contribution >= 0.6 is 0 Å². The van der Waals surface area contributed by atoms with Crippen molar-refractivity contribution >= 4 is 16.8 Å². The Hall–Kier alpha value is -1.92. The minimum Gasteiger partial charge on any atom is -0.453 e. The van der Waals surface area contributed by atoms with Gasteiger partial charge in [0.25, 0.3) is 5.78 Å². The van der Waals surface area contributed by atoms with E-state index in [-0.39, 0.29) is 11.0 Å². The molecule has 2 nitrogen and oxygen atoms in total. The van der Waals surface area contributed by atoms with E-state index in [1.807, 2.05) is 0 Å². The first kappa shape index (κ1) is 12.5. The quantitative estimate of drug-likeness (QED) is 0.625. The molecule has 0 N–H and O–H groups in total. The summed E-state index contributed by atoms with van der Waals surface area (Å²) in [5.74, 6) is -8.55. The molecule has 0 fully saturated rings. The number of furan rings is 1. The molecular weight excluding hydrogens is 259 g/mol. The van der Waals surface area contributed by atoms with Crippen LogP contribution in [0.3, 0.4) is 0 Å². The number of hydrogen-bond donors (Lipinski definition) is 0. The number of ketones is 1. The van der Waals surface area contributed by atoms with Gasteiger partial charge in [0.15, 0.2) is 5.76 Å². The largest absolute Gasteiger partial charge is 0.453 e. The van der Waals surface area contributed by atoms with Crippen LogP contribution in [0.2, 0.25) is 0 Å². The number of fused-ring (bicyclic) bond motifs is 1. The Kier molecular flexibility index (Phi) is 2.84. The first-order valence-electron chi connectivity index (χ1n) is 4.72. The third-order valence-electron chi connectivity index (χ3n) is 2.28. The Labute approximate surface area is 97.0 Å². The summed E-state index contributed by atoms with van der Waals surface area (Å²) in [5, 5.41) is 0.0448. The summed E-state index contributed by atoms with van der Waals surface area (Å²) in [6.45, 7) is 0. The molecule has 96 valence electrons. The molecule has 0 radical (unpaired) electrons. The normalized spacial score (nSPS) is 12.3. The van der Waals surface area contributed by atoms with Gasteiger partial charge in [-0.15, -0.1) is 0 Å². The Morgan fingerprint density at radius 1 is 1.22 bits per heavy atom. The lowest BCUT2D eigenvalue weighted by molar-refractivity contribution is -0.0968. The number of alkyl halides is 4. The zero-order chi connectivity index (χ0) is 13.5. The van der Waals surface area contributed by atoms with Gasteiger partial charge in [-0.3, -0.25) is 4.79 Å². The molecule has 0 amide bonds. The number of halogens is 5. The van der Waals surface area contributed by atoms with Crippen molar-refractivity contribution in [1.82, 2.24) is 0 Å². The van der Waals surface area contributed by atoms with Gasteiger partial charge in [-0.05, 0) is 24.3 Å². The maximum Gasteiger partial charge on any atom is 0.372 e. The van der Waals surface area contributed by atoms with Crippen LogP contribution in [0, 0.1) is 5.82 Å². The Morgan fingerprint density at radius 2 is 1.89 bits per heavy atom. The zero-order valence-electron chi connectivity index (χ0n) is 8.59. The molecule has 0 aliphatic carbocycles. The van der Waals surface area contributed by atoms with E-state index in [4.69, 9.17) is 4.42 Å². The van der Waals surface area contributed by atoms with Crippen molar-refractivity contribution in [3.05, 3.63) is 35.8 Å². The highest BCUT2D eigenvalue weighted by atomic mass is 19.3. The first-order valence-corrected chi connectivity index (χ1v) is 4.72. The summed E-state index contributed by atoms with van der Waals surface area (Å²) in [4.78, 5) is 11.1. The molecule has 0 saturated carbocycles. The summed E-state index contributed by atoms with van der Waals surface area (Å²) in [6.07, 6.45) is -4.13. The smallest absolute Gasteiger partial charge is 0.372 e. The van der Waals surface area contributed by atoms with Gasteiger partial charge < -0.3 is 4.42 Å².